The predicted molar refractivity (Wildman–Crippen MR) is 97.3 cm³/mol. The average Bonchev–Trinajstić information content (AvgIpc) is 3.10. The highest BCUT2D eigenvalue weighted by atomic mass is 32.1. The minimum absolute atomic E-state index is 1.07. The van der Waals surface area contributed by atoms with Gasteiger partial charge in [-0.15, -0.1) is 11.3 Å². The van der Waals surface area contributed by atoms with E-state index in [2.05, 4.69) is 68.8 Å². The molecule has 2 heterocycles. The summed E-state index contributed by atoms with van der Waals surface area (Å²) in [5.74, 6) is 0. The summed E-state index contributed by atoms with van der Waals surface area (Å²) in [5.41, 5.74) is 6.82. The van der Waals surface area contributed by atoms with E-state index < -0.39 is 0 Å². The van der Waals surface area contributed by atoms with Crippen LogP contribution in [0, 0.1) is 5.51 Å². The molecule has 0 bridgehead atoms. The van der Waals surface area contributed by atoms with Gasteiger partial charge in [0.1, 0.15) is 5.52 Å². The molecule has 4 heteroatoms. The molecule has 0 saturated carbocycles. The highest BCUT2D eigenvalue weighted by Crippen LogP contribution is 2.28. The van der Waals surface area contributed by atoms with Gasteiger partial charge >= 0.3 is 0 Å². The van der Waals surface area contributed by atoms with Crippen molar-refractivity contribution in [2.75, 3.05) is 37.6 Å². The van der Waals surface area contributed by atoms with Crippen LogP contribution in [0.3, 0.4) is 0 Å². The molecule has 3 aromatic rings. The molecule has 0 atom stereocenters. The van der Waals surface area contributed by atoms with Gasteiger partial charge in [0.2, 0.25) is 0 Å². The SMILES string of the molecule is [c]1nc2c(N3CCN(CCc4ccccc4)CC3)cccc2s1. The molecule has 0 aliphatic carbocycles. The van der Waals surface area contributed by atoms with Gasteiger partial charge in [0, 0.05) is 32.7 Å². The second-order valence-electron chi connectivity index (χ2n) is 5.99. The first-order valence-corrected chi connectivity index (χ1v) is 8.98. The van der Waals surface area contributed by atoms with E-state index in [1.165, 1.54) is 16.0 Å². The Labute approximate surface area is 141 Å². The molecule has 2 aromatic carbocycles. The third-order valence-electron chi connectivity index (χ3n) is 4.56. The fourth-order valence-corrected chi connectivity index (χ4v) is 3.85. The summed E-state index contributed by atoms with van der Waals surface area (Å²) in [6, 6.07) is 17.2. The number of hydrogen-bond donors (Lipinski definition) is 0. The molecule has 0 amide bonds. The van der Waals surface area contributed by atoms with E-state index in [4.69, 9.17) is 0 Å². The Hall–Kier alpha value is -1.91. The van der Waals surface area contributed by atoms with Crippen LogP contribution in [0.25, 0.3) is 10.2 Å². The quantitative estimate of drug-likeness (QED) is 0.733. The molecule has 1 fully saturated rings. The van der Waals surface area contributed by atoms with E-state index >= 15 is 0 Å². The van der Waals surface area contributed by atoms with Crippen LogP contribution in [-0.4, -0.2) is 42.6 Å². The van der Waals surface area contributed by atoms with Crippen molar-refractivity contribution in [3.8, 4) is 0 Å². The minimum Gasteiger partial charge on any atom is -0.367 e. The second-order valence-corrected chi connectivity index (χ2v) is 6.82. The van der Waals surface area contributed by atoms with Crippen LogP contribution in [-0.2, 0) is 6.42 Å². The van der Waals surface area contributed by atoms with E-state index in [1.807, 2.05) is 0 Å². The van der Waals surface area contributed by atoms with Gasteiger partial charge in [0.15, 0.2) is 5.51 Å². The maximum absolute atomic E-state index is 4.43. The number of hydrogen-bond acceptors (Lipinski definition) is 4. The normalized spacial score (nSPS) is 16.1. The van der Waals surface area contributed by atoms with Crippen molar-refractivity contribution in [2.45, 2.75) is 6.42 Å². The summed E-state index contributed by atoms with van der Waals surface area (Å²) in [6.45, 7) is 5.54. The van der Waals surface area contributed by atoms with E-state index in [-0.39, 0.29) is 0 Å². The van der Waals surface area contributed by atoms with Crippen LogP contribution in [0.2, 0.25) is 0 Å². The average molecular weight is 322 g/mol. The molecular weight excluding hydrogens is 302 g/mol. The summed E-state index contributed by atoms with van der Waals surface area (Å²) < 4.78 is 1.23. The maximum atomic E-state index is 4.43. The van der Waals surface area contributed by atoms with Gasteiger partial charge in [-0.2, -0.15) is 0 Å². The first kappa shape index (κ1) is 14.7. The van der Waals surface area contributed by atoms with Crippen molar-refractivity contribution in [3.05, 3.63) is 59.6 Å². The zero-order valence-corrected chi connectivity index (χ0v) is 13.9. The minimum atomic E-state index is 1.07. The van der Waals surface area contributed by atoms with Crippen molar-refractivity contribution in [1.82, 2.24) is 9.88 Å². The molecule has 3 nitrogen and oxygen atoms in total. The fourth-order valence-electron chi connectivity index (χ4n) is 3.22. The molecule has 23 heavy (non-hydrogen) atoms. The number of anilines is 1. The summed E-state index contributed by atoms with van der Waals surface area (Å²) in [4.78, 5) is 9.46. The zero-order valence-electron chi connectivity index (χ0n) is 13.1. The first-order valence-electron chi connectivity index (χ1n) is 8.17. The molecule has 1 saturated heterocycles. The topological polar surface area (TPSA) is 19.4 Å². The monoisotopic (exact) mass is 322 g/mol. The first-order chi connectivity index (χ1) is 11.4. The van der Waals surface area contributed by atoms with Crippen LogP contribution in [0.5, 0.6) is 0 Å². The number of piperazine rings is 1. The summed E-state index contributed by atoms with van der Waals surface area (Å²) in [7, 11) is 0. The number of thiazole rings is 1. The second kappa shape index (κ2) is 6.69. The Balaban J connectivity index is 1.37. The number of para-hydroxylation sites is 1. The van der Waals surface area contributed by atoms with Crippen molar-refractivity contribution >= 4 is 27.2 Å². The van der Waals surface area contributed by atoms with Gasteiger partial charge in [-0.3, -0.25) is 4.90 Å². The van der Waals surface area contributed by atoms with Crippen molar-refractivity contribution < 1.29 is 0 Å². The van der Waals surface area contributed by atoms with Crippen molar-refractivity contribution in [3.63, 3.8) is 0 Å². The fraction of sp³-hybridized carbons (Fsp3) is 0.316. The maximum Gasteiger partial charge on any atom is 0.153 e. The van der Waals surface area contributed by atoms with E-state index in [0.29, 0.717) is 0 Å². The largest absolute Gasteiger partial charge is 0.367 e. The van der Waals surface area contributed by atoms with Crippen LogP contribution in [0.4, 0.5) is 5.69 Å². The predicted octanol–water partition coefficient (Wildman–Crippen LogP) is 3.46. The molecule has 4 rings (SSSR count). The van der Waals surface area contributed by atoms with Gasteiger partial charge < -0.3 is 4.90 Å². The third kappa shape index (κ3) is 3.23. The molecule has 1 aliphatic rings. The lowest BCUT2D eigenvalue weighted by molar-refractivity contribution is 0.261. The summed E-state index contributed by atoms with van der Waals surface area (Å²) in [5, 5.41) is 0. The Morgan fingerprint density at radius 2 is 1.78 bits per heavy atom. The van der Waals surface area contributed by atoms with E-state index in [9.17, 15) is 0 Å². The van der Waals surface area contributed by atoms with Gasteiger partial charge in [0.25, 0.3) is 0 Å². The number of nitrogens with zero attached hydrogens (tertiary/aromatic N) is 3. The number of rotatable bonds is 4. The molecule has 1 aliphatic heterocycles. The summed E-state index contributed by atoms with van der Waals surface area (Å²) >= 11 is 1.60. The Morgan fingerprint density at radius 1 is 0.957 bits per heavy atom. The van der Waals surface area contributed by atoms with E-state index in [0.717, 1.165) is 44.7 Å². The van der Waals surface area contributed by atoms with Crippen molar-refractivity contribution in [1.29, 1.82) is 0 Å². The van der Waals surface area contributed by atoms with E-state index in [1.54, 1.807) is 11.3 Å². The van der Waals surface area contributed by atoms with Gasteiger partial charge in [-0.1, -0.05) is 36.4 Å². The Morgan fingerprint density at radius 3 is 2.61 bits per heavy atom. The van der Waals surface area contributed by atoms with Gasteiger partial charge in [0.05, 0.1) is 10.4 Å². The molecule has 0 spiro atoms. The molecule has 117 valence electrons. The lowest BCUT2D eigenvalue weighted by atomic mass is 10.1. The molecule has 0 unspecified atom stereocenters. The van der Waals surface area contributed by atoms with Crippen LogP contribution >= 0.6 is 11.3 Å². The van der Waals surface area contributed by atoms with Crippen molar-refractivity contribution in [2.24, 2.45) is 0 Å². The zero-order chi connectivity index (χ0) is 15.5. The number of benzene rings is 2. The standard InChI is InChI=1S/C19H20N3S/c1-2-5-16(6-3-1)9-10-21-11-13-22(14-12-21)17-7-4-8-18-19(17)20-15-23-18/h1-8H,9-14H2. The smallest absolute Gasteiger partial charge is 0.153 e. The molecular formula is C19H20N3S. The lowest BCUT2D eigenvalue weighted by Crippen LogP contribution is -2.47. The lowest BCUT2D eigenvalue weighted by Gasteiger charge is -2.36. The number of aromatic nitrogens is 1. The summed E-state index contributed by atoms with van der Waals surface area (Å²) in [6.07, 6.45) is 1.14. The molecule has 0 N–H and O–H groups in total. The molecule has 1 aromatic heterocycles. The Kier molecular flexibility index (Phi) is 4.26. The molecule has 1 radical (unpaired) electrons. The van der Waals surface area contributed by atoms with Gasteiger partial charge in [-0.25, -0.2) is 4.98 Å². The highest BCUT2D eigenvalue weighted by molar-refractivity contribution is 7.16. The third-order valence-corrected chi connectivity index (χ3v) is 5.30. The van der Waals surface area contributed by atoms with Gasteiger partial charge in [-0.05, 0) is 24.1 Å². The van der Waals surface area contributed by atoms with Crippen LogP contribution < -0.4 is 4.90 Å². The number of fused-ring (bicyclic) bond motifs is 1. The Bertz CT molecular complexity index is 760. The van der Waals surface area contributed by atoms with Crippen LogP contribution in [0.1, 0.15) is 5.56 Å². The van der Waals surface area contributed by atoms with Crippen LogP contribution in [0.15, 0.2) is 48.5 Å². The highest BCUT2D eigenvalue weighted by Gasteiger charge is 2.19.